The Morgan fingerprint density at radius 2 is 2.05 bits per heavy atom. The van der Waals surface area contributed by atoms with Gasteiger partial charge in [0.25, 0.3) is 5.91 Å². The van der Waals surface area contributed by atoms with Crippen molar-refractivity contribution >= 4 is 43.7 Å². The number of benzene rings is 1. The minimum atomic E-state index is -0.828. The maximum absolute atomic E-state index is 12.4. The van der Waals surface area contributed by atoms with Crippen molar-refractivity contribution < 1.29 is 14.7 Å². The first-order valence-corrected chi connectivity index (χ1v) is 7.55. The van der Waals surface area contributed by atoms with Crippen molar-refractivity contribution in [3.63, 3.8) is 0 Å². The number of rotatable bonds is 2. The largest absolute Gasteiger partial charge is 0.481 e. The molecule has 1 aromatic carbocycles. The van der Waals surface area contributed by atoms with E-state index in [9.17, 15) is 9.59 Å². The molecule has 0 saturated carbocycles. The van der Waals surface area contributed by atoms with Gasteiger partial charge in [0.1, 0.15) is 0 Å². The number of likely N-dealkylation sites (tertiary alicyclic amines) is 1. The zero-order valence-electron chi connectivity index (χ0n) is 10.1. The number of hydrogen-bond donors (Lipinski definition) is 1. The summed E-state index contributed by atoms with van der Waals surface area (Å²) >= 11 is 6.70. The van der Waals surface area contributed by atoms with Crippen molar-refractivity contribution in [2.24, 2.45) is 5.92 Å². The summed E-state index contributed by atoms with van der Waals surface area (Å²) in [5.74, 6) is -1.41. The number of amides is 1. The lowest BCUT2D eigenvalue weighted by atomic mass is 9.97. The van der Waals surface area contributed by atoms with Gasteiger partial charge in [0.15, 0.2) is 0 Å². The first kappa shape index (κ1) is 14.5. The highest BCUT2D eigenvalue weighted by Crippen LogP contribution is 2.25. The third-order valence-electron chi connectivity index (χ3n) is 3.22. The lowest BCUT2D eigenvalue weighted by molar-refractivity contribution is -0.143. The number of carboxylic acid groups (broad SMARTS) is 1. The van der Waals surface area contributed by atoms with Gasteiger partial charge in [-0.3, -0.25) is 9.59 Å². The Bertz CT molecular complexity index is 519. The van der Waals surface area contributed by atoms with Crippen LogP contribution in [0.1, 0.15) is 23.2 Å². The van der Waals surface area contributed by atoms with Crippen molar-refractivity contribution in [1.82, 2.24) is 4.90 Å². The Kier molecular flexibility index (Phi) is 4.62. The molecule has 6 heteroatoms. The van der Waals surface area contributed by atoms with Gasteiger partial charge in [-0.25, -0.2) is 0 Å². The summed E-state index contributed by atoms with van der Waals surface area (Å²) in [7, 11) is 0. The fourth-order valence-electron chi connectivity index (χ4n) is 2.19. The highest BCUT2D eigenvalue weighted by molar-refractivity contribution is 9.11. The Morgan fingerprint density at radius 3 is 2.74 bits per heavy atom. The molecule has 1 atom stereocenters. The van der Waals surface area contributed by atoms with Gasteiger partial charge in [-0.1, -0.05) is 15.9 Å². The molecule has 0 aliphatic carbocycles. The van der Waals surface area contributed by atoms with E-state index in [1.54, 1.807) is 17.0 Å². The van der Waals surface area contributed by atoms with Crippen LogP contribution in [0.5, 0.6) is 0 Å². The van der Waals surface area contributed by atoms with E-state index < -0.39 is 11.9 Å². The molecule has 1 saturated heterocycles. The van der Waals surface area contributed by atoms with E-state index in [-0.39, 0.29) is 12.5 Å². The smallest absolute Gasteiger partial charge is 0.308 e. The summed E-state index contributed by atoms with van der Waals surface area (Å²) < 4.78 is 1.55. The lowest BCUT2D eigenvalue weighted by Crippen LogP contribution is -2.42. The van der Waals surface area contributed by atoms with Gasteiger partial charge in [0.05, 0.1) is 11.5 Å². The van der Waals surface area contributed by atoms with E-state index in [4.69, 9.17) is 5.11 Å². The number of carboxylic acids is 1. The predicted octanol–water partition coefficient (Wildman–Crippen LogP) is 3.15. The van der Waals surface area contributed by atoms with Gasteiger partial charge in [-0.05, 0) is 47.0 Å². The summed E-state index contributed by atoms with van der Waals surface area (Å²) in [6.45, 7) is 0.898. The number of piperidine rings is 1. The Morgan fingerprint density at radius 1 is 1.32 bits per heavy atom. The van der Waals surface area contributed by atoms with Crippen LogP contribution in [0.2, 0.25) is 0 Å². The van der Waals surface area contributed by atoms with E-state index in [1.807, 2.05) is 6.07 Å². The molecular formula is C13H13Br2NO3. The molecular weight excluding hydrogens is 378 g/mol. The topological polar surface area (TPSA) is 57.6 Å². The number of hydrogen-bond acceptors (Lipinski definition) is 2. The van der Waals surface area contributed by atoms with Crippen LogP contribution in [-0.2, 0) is 4.79 Å². The van der Waals surface area contributed by atoms with E-state index in [1.165, 1.54) is 0 Å². The molecule has 1 N–H and O–H groups in total. The van der Waals surface area contributed by atoms with E-state index in [2.05, 4.69) is 31.9 Å². The molecule has 0 bridgehead atoms. The average Bonchev–Trinajstić information content (AvgIpc) is 2.41. The molecule has 1 aliphatic heterocycles. The maximum Gasteiger partial charge on any atom is 0.308 e. The number of nitrogens with zero attached hydrogens (tertiary/aromatic N) is 1. The van der Waals surface area contributed by atoms with Gasteiger partial charge in [-0.15, -0.1) is 0 Å². The van der Waals surface area contributed by atoms with Crippen LogP contribution < -0.4 is 0 Å². The molecule has 102 valence electrons. The zero-order valence-corrected chi connectivity index (χ0v) is 13.3. The molecule has 1 fully saturated rings. The quantitative estimate of drug-likeness (QED) is 0.843. The normalized spacial score (nSPS) is 19.3. The third-order valence-corrected chi connectivity index (χ3v) is 4.40. The van der Waals surface area contributed by atoms with Gasteiger partial charge >= 0.3 is 5.97 Å². The number of carbonyl (C=O) groups is 2. The Hall–Kier alpha value is -0.880. The fraction of sp³-hybridized carbons (Fsp3) is 0.385. The Balaban J connectivity index is 2.19. The molecule has 2 rings (SSSR count). The zero-order chi connectivity index (χ0) is 14.0. The van der Waals surface area contributed by atoms with Gasteiger partial charge in [0, 0.05) is 22.0 Å². The maximum atomic E-state index is 12.4. The predicted molar refractivity (Wildman–Crippen MR) is 78.1 cm³/mol. The first-order chi connectivity index (χ1) is 8.99. The molecule has 1 amide bonds. The van der Waals surface area contributed by atoms with Crippen molar-refractivity contribution in [1.29, 1.82) is 0 Å². The molecule has 0 radical (unpaired) electrons. The van der Waals surface area contributed by atoms with E-state index in [0.29, 0.717) is 18.5 Å². The second kappa shape index (κ2) is 6.05. The van der Waals surface area contributed by atoms with Crippen LogP contribution in [0.4, 0.5) is 0 Å². The lowest BCUT2D eigenvalue weighted by Gasteiger charge is -2.31. The molecule has 1 aromatic rings. The molecule has 4 nitrogen and oxygen atoms in total. The number of carbonyl (C=O) groups excluding carboxylic acids is 1. The van der Waals surface area contributed by atoms with Gasteiger partial charge in [0.2, 0.25) is 0 Å². The monoisotopic (exact) mass is 389 g/mol. The first-order valence-electron chi connectivity index (χ1n) is 5.96. The number of halogens is 2. The molecule has 1 aliphatic rings. The molecule has 1 unspecified atom stereocenters. The van der Waals surface area contributed by atoms with Crippen molar-refractivity contribution in [3.8, 4) is 0 Å². The van der Waals surface area contributed by atoms with Crippen LogP contribution in [0, 0.1) is 5.92 Å². The third kappa shape index (κ3) is 3.36. The van der Waals surface area contributed by atoms with Crippen molar-refractivity contribution in [2.45, 2.75) is 12.8 Å². The summed E-state index contributed by atoms with van der Waals surface area (Å²) in [5.41, 5.74) is 0.556. The highest BCUT2D eigenvalue weighted by atomic mass is 79.9. The summed E-state index contributed by atoms with van der Waals surface area (Å²) in [5, 5.41) is 9.05. The highest BCUT2D eigenvalue weighted by Gasteiger charge is 2.29. The minimum absolute atomic E-state index is 0.126. The second-order valence-electron chi connectivity index (χ2n) is 4.55. The molecule has 1 heterocycles. The van der Waals surface area contributed by atoms with E-state index >= 15 is 0 Å². The van der Waals surface area contributed by atoms with Crippen molar-refractivity contribution in [3.05, 3.63) is 32.7 Å². The van der Waals surface area contributed by atoms with Crippen molar-refractivity contribution in [2.75, 3.05) is 13.1 Å². The van der Waals surface area contributed by atoms with Crippen LogP contribution >= 0.6 is 31.9 Å². The SMILES string of the molecule is O=C(O)C1CCCN(C(=O)c2cc(Br)ccc2Br)C1. The second-order valence-corrected chi connectivity index (χ2v) is 6.32. The average molecular weight is 391 g/mol. The molecule has 0 aromatic heterocycles. The fourth-order valence-corrected chi connectivity index (χ4v) is 2.97. The minimum Gasteiger partial charge on any atom is -0.481 e. The summed E-state index contributed by atoms with van der Waals surface area (Å²) in [6, 6.07) is 5.39. The van der Waals surface area contributed by atoms with Crippen LogP contribution in [-0.4, -0.2) is 35.0 Å². The molecule has 0 spiro atoms. The van der Waals surface area contributed by atoms with Gasteiger partial charge in [-0.2, -0.15) is 0 Å². The standard InChI is InChI=1S/C13H13Br2NO3/c14-9-3-4-11(15)10(6-9)12(17)16-5-1-2-8(7-16)13(18)19/h3-4,6,8H,1-2,5,7H2,(H,18,19). The Labute approximate surface area is 128 Å². The van der Waals surface area contributed by atoms with Crippen LogP contribution in [0.15, 0.2) is 27.1 Å². The van der Waals surface area contributed by atoms with Crippen LogP contribution in [0.3, 0.4) is 0 Å². The summed E-state index contributed by atoms with van der Waals surface area (Å²) in [4.78, 5) is 25.1. The number of aliphatic carboxylic acids is 1. The van der Waals surface area contributed by atoms with Crippen LogP contribution in [0.25, 0.3) is 0 Å². The molecule has 19 heavy (non-hydrogen) atoms. The van der Waals surface area contributed by atoms with E-state index in [0.717, 1.165) is 15.4 Å². The van der Waals surface area contributed by atoms with Gasteiger partial charge < -0.3 is 10.0 Å². The summed E-state index contributed by atoms with van der Waals surface area (Å²) in [6.07, 6.45) is 1.37.